The Kier molecular flexibility index (Phi) is 6.09. The number of methoxy groups -OCH3 is 1. The molecule has 1 amide bonds. The number of carboxylic acid groups (broad SMARTS) is 1. The third-order valence-corrected chi connectivity index (χ3v) is 3.16. The van der Waals surface area contributed by atoms with Crippen LogP contribution in [-0.2, 0) is 28.7 Å². The van der Waals surface area contributed by atoms with Crippen molar-refractivity contribution in [3.8, 4) is 0 Å². The Morgan fingerprint density at radius 1 is 1.18 bits per heavy atom. The molecule has 0 aromatic carbocycles. The Balaban J connectivity index is 2.69. The van der Waals surface area contributed by atoms with Crippen molar-refractivity contribution >= 4 is 23.8 Å². The molecule has 0 spiro atoms. The van der Waals surface area contributed by atoms with E-state index in [-0.39, 0.29) is 24.8 Å². The molecule has 0 aromatic heterocycles. The van der Waals surface area contributed by atoms with Crippen LogP contribution in [0.25, 0.3) is 0 Å². The molecule has 1 N–H and O–H groups in total. The Morgan fingerprint density at radius 2 is 1.77 bits per heavy atom. The minimum absolute atomic E-state index is 0.0194. The van der Waals surface area contributed by atoms with Crippen molar-refractivity contribution in [2.24, 2.45) is 5.92 Å². The van der Waals surface area contributed by atoms with Crippen LogP contribution >= 0.6 is 0 Å². The predicted molar refractivity (Wildman–Crippen MR) is 73.6 cm³/mol. The molecular formula is C14H19NO7. The second kappa shape index (κ2) is 7.58. The molecule has 1 fully saturated rings. The largest absolute Gasteiger partial charge is 0.480 e. The topological polar surface area (TPSA) is 110 Å². The number of hydrogen-bond donors (Lipinski definition) is 1. The first-order valence-corrected chi connectivity index (χ1v) is 6.76. The van der Waals surface area contributed by atoms with Gasteiger partial charge in [-0.3, -0.25) is 4.79 Å². The van der Waals surface area contributed by atoms with Crippen LogP contribution in [0.4, 0.5) is 0 Å². The van der Waals surface area contributed by atoms with E-state index in [1.165, 1.54) is 12.0 Å². The summed E-state index contributed by atoms with van der Waals surface area (Å²) in [6.07, 6.45) is 1.10. The van der Waals surface area contributed by atoms with E-state index in [0.717, 1.165) is 12.2 Å². The lowest BCUT2D eigenvalue weighted by Gasteiger charge is -2.22. The smallest absolute Gasteiger partial charge is 0.331 e. The number of rotatable bonds is 5. The number of amides is 1. The van der Waals surface area contributed by atoms with E-state index in [2.05, 4.69) is 4.74 Å². The first kappa shape index (κ1) is 17.7. The van der Waals surface area contributed by atoms with E-state index >= 15 is 0 Å². The summed E-state index contributed by atoms with van der Waals surface area (Å²) in [4.78, 5) is 46.8. The normalized spacial score (nSPS) is 21.2. The average Bonchev–Trinajstić information content (AvgIpc) is 2.87. The average molecular weight is 313 g/mol. The summed E-state index contributed by atoms with van der Waals surface area (Å²) in [6.45, 7) is 3.35. The van der Waals surface area contributed by atoms with Gasteiger partial charge in [-0.15, -0.1) is 0 Å². The summed E-state index contributed by atoms with van der Waals surface area (Å²) in [5.41, 5.74) is 0. The fraction of sp³-hybridized carbons (Fsp3) is 0.571. The summed E-state index contributed by atoms with van der Waals surface area (Å²) in [5.74, 6) is -3.30. The molecule has 1 aliphatic heterocycles. The van der Waals surface area contributed by atoms with Crippen LogP contribution in [0.5, 0.6) is 0 Å². The van der Waals surface area contributed by atoms with Gasteiger partial charge in [0.05, 0.1) is 13.7 Å². The van der Waals surface area contributed by atoms with Crippen molar-refractivity contribution < 1.29 is 33.8 Å². The highest BCUT2D eigenvalue weighted by atomic mass is 16.5. The lowest BCUT2D eigenvalue weighted by atomic mass is 10.1. The van der Waals surface area contributed by atoms with Gasteiger partial charge in [-0.25, -0.2) is 14.4 Å². The van der Waals surface area contributed by atoms with Gasteiger partial charge in [0.2, 0.25) is 5.91 Å². The standard InChI is InChI=1S/C14H19NO7/c1-8(2)13(18)15-7-9(6-10(15)14(19)20)22-12(17)5-4-11(16)21-3/h4-5,8-10H,6-7H2,1-3H3,(H,19,20)/b5-4+/t9-,10+/m1/s1. The fourth-order valence-electron chi connectivity index (χ4n) is 2.10. The SMILES string of the molecule is COC(=O)/C=C/C(=O)O[C@@H]1C[C@@H](C(=O)O)N(C(=O)C(C)C)C1. The Bertz CT molecular complexity index is 497. The summed E-state index contributed by atoms with van der Waals surface area (Å²) in [6, 6.07) is -1.02. The van der Waals surface area contributed by atoms with Crippen LogP contribution < -0.4 is 0 Å². The Labute approximate surface area is 127 Å². The molecule has 0 aromatic rings. The van der Waals surface area contributed by atoms with Crippen molar-refractivity contribution in [1.82, 2.24) is 4.90 Å². The Morgan fingerprint density at radius 3 is 2.27 bits per heavy atom. The molecule has 0 aliphatic carbocycles. The quantitative estimate of drug-likeness (QED) is 0.560. The third-order valence-electron chi connectivity index (χ3n) is 3.16. The molecule has 0 saturated carbocycles. The minimum Gasteiger partial charge on any atom is -0.480 e. The molecule has 22 heavy (non-hydrogen) atoms. The van der Waals surface area contributed by atoms with Gasteiger partial charge in [-0.2, -0.15) is 0 Å². The monoisotopic (exact) mass is 313 g/mol. The van der Waals surface area contributed by atoms with Crippen LogP contribution in [0.3, 0.4) is 0 Å². The van der Waals surface area contributed by atoms with Gasteiger partial charge in [0, 0.05) is 24.5 Å². The maximum atomic E-state index is 12.0. The molecule has 1 aliphatic rings. The van der Waals surface area contributed by atoms with Gasteiger partial charge in [0.15, 0.2) is 0 Å². The second-order valence-corrected chi connectivity index (χ2v) is 5.15. The van der Waals surface area contributed by atoms with Gasteiger partial charge in [-0.05, 0) is 0 Å². The number of ether oxygens (including phenoxy) is 2. The lowest BCUT2D eigenvalue weighted by Crippen LogP contribution is -2.42. The van der Waals surface area contributed by atoms with Crippen molar-refractivity contribution in [2.75, 3.05) is 13.7 Å². The molecule has 1 heterocycles. The molecular weight excluding hydrogens is 294 g/mol. The molecule has 0 bridgehead atoms. The molecule has 1 rings (SSSR count). The summed E-state index contributed by atoms with van der Waals surface area (Å²) in [7, 11) is 1.17. The van der Waals surface area contributed by atoms with E-state index in [1.807, 2.05) is 0 Å². The first-order valence-electron chi connectivity index (χ1n) is 6.76. The second-order valence-electron chi connectivity index (χ2n) is 5.15. The molecule has 2 atom stereocenters. The number of carbonyl (C=O) groups excluding carboxylic acids is 3. The molecule has 8 nitrogen and oxygen atoms in total. The number of hydrogen-bond acceptors (Lipinski definition) is 6. The fourth-order valence-corrected chi connectivity index (χ4v) is 2.10. The van der Waals surface area contributed by atoms with Gasteiger partial charge < -0.3 is 19.5 Å². The zero-order valence-electron chi connectivity index (χ0n) is 12.6. The van der Waals surface area contributed by atoms with Crippen molar-refractivity contribution in [3.63, 3.8) is 0 Å². The van der Waals surface area contributed by atoms with Crippen molar-refractivity contribution in [2.45, 2.75) is 32.4 Å². The maximum Gasteiger partial charge on any atom is 0.331 e. The van der Waals surface area contributed by atoms with E-state index in [9.17, 15) is 19.2 Å². The van der Waals surface area contributed by atoms with E-state index in [4.69, 9.17) is 9.84 Å². The van der Waals surface area contributed by atoms with Crippen LogP contribution in [-0.4, -0.2) is 59.6 Å². The maximum absolute atomic E-state index is 12.0. The number of carbonyl (C=O) groups is 4. The predicted octanol–water partition coefficient (Wildman–Crippen LogP) is -0.0311. The number of aliphatic carboxylic acids is 1. The third kappa shape index (κ3) is 4.57. The number of likely N-dealkylation sites (tertiary alicyclic amines) is 1. The summed E-state index contributed by atoms with van der Waals surface area (Å²) < 4.78 is 9.39. The highest BCUT2D eigenvalue weighted by molar-refractivity contribution is 5.92. The highest BCUT2D eigenvalue weighted by Gasteiger charge is 2.41. The van der Waals surface area contributed by atoms with Crippen LogP contribution in [0.15, 0.2) is 12.2 Å². The molecule has 8 heteroatoms. The number of nitrogens with zero attached hydrogens (tertiary/aromatic N) is 1. The molecule has 1 saturated heterocycles. The zero-order chi connectivity index (χ0) is 16.9. The van der Waals surface area contributed by atoms with Crippen LogP contribution in [0.2, 0.25) is 0 Å². The Hall–Kier alpha value is -2.38. The molecule has 122 valence electrons. The first-order chi connectivity index (χ1) is 10.3. The van der Waals surface area contributed by atoms with E-state index in [1.54, 1.807) is 13.8 Å². The van der Waals surface area contributed by atoms with Crippen LogP contribution in [0.1, 0.15) is 20.3 Å². The van der Waals surface area contributed by atoms with Gasteiger partial charge in [0.25, 0.3) is 0 Å². The highest BCUT2D eigenvalue weighted by Crippen LogP contribution is 2.23. The summed E-state index contributed by atoms with van der Waals surface area (Å²) in [5, 5.41) is 9.16. The van der Waals surface area contributed by atoms with Crippen LogP contribution in [0, 0.1) is 5.92 Å². The molecule has 0 unspecified atom stereocenters. The van der Waals surface area contributed by atoms with Crippen molar-refractivity contribution in [3.05, 3.63) is 12.2 Å². The van der Waals surface area contributed by atoms with Gasteiger partial charge in [0.1, 0.15) is 12.1 Å². The lowest BCUT2D eigenvalue weighted by molar-refractivity contribution is -0.149. The zero-order valence-corrected chi connectivity index (χ0v) is 12.6. The number of carboxylic acids is 1. The summed E-state index contributed by atoms with van der Waals surface area (Å²) >= 11 is 0. The van der Waals surface area contributed by atoms with Gasteiger partial charge >= 0.3 is 17.9 Å². The minimum atomic E-state index is -1.14. The van der Waals surface area contributed by atoms with Crippen molar-refractivity contribution in [1.29, 1.82) is 0 Å². The van der Waals surface area contributed by atoms with E-state index < -0.39 is 30.1 Å². The van der Waals surface area contributed by atoms with E-state index in [0.29, 0.717) is 0 Å². The molecule has 0 radical (unpaired) electrons. The van der Waals surface area contributed by atoms with Gasteiger partial charge in [-0.1, -0.05) is 13.8 Å². The number of esters is 2.